The number of primary amides is 1. The summed E-state index contributed by atoms with van der Waals surface area (Å²) < 4.78 is 10.6. The van der Waals surface area contributed by atoms with Gasteiger partial charge in [-0.15, -0.1) is 0 Å². The van der Waals surface area contributed by atoms with E-state index in [9.17, 15) is 4.79 Å². The molecule has 0 aliphatic rings. The number of rotatable bonds is 13. The van der Waals surface area contributed by atoms with Gasteiger partial charge in [-0.2, -0.15) is 0 Å². The number of unbranched alkanes of at least 4 members (excludes halogenated alkanes) is 8. The highest BCUT2D eigenvalue weighted by molar-refractivity contribution is 5.96. The number of carbonyl (C=O) groups excluding carboxylic acids is 1. The first-order valence-corrected chi connectivity index (χ1v) is 9.18. The minimum Gasteiger partial charge on any atom is -0.496 e. The lowest BCUT2D eigenvalue weighted by molar-refractivity contribution is 0.0997. The van der Waals surface area contributed by atoms with E-state index in [1.165, 1.54) is 58.5 Å². The van der Waals surface area contributed by atoms with Crippen LogP contribution in [-0.4, -0.2) is 20.1 Å². The third kappa shape index (κ3) is 6.81. The van der Waals surface area contributed by atoms with E-state index in [2.05, 4.69) is 6.92 Å². The molecule has 136 valence electrons. The Bertz CT molecular complexity index is 500. The molecule has 0 aromatic heterocycles. The summed E-state index contributed by atoms with van der Waals surface area (Å²) in [4.78, 5) is 11.6. The SMILES string of the molecule is CCCCCCCCCCCc1cc(C(N)=O)c(OC)cc1OC. The Labute approximate surface area is 146 Å². The average Bonchev–Trinajstić information content (AvgIpc) is 2.59. The van der Waals surface area contributed by atoms with Crippen molar-refractivity contribution in [2.24, 2.45) is 5.73 Å². The van der Waals surface area contributed by atoms with Gasteiger partial charge >= 0.3 is 0 Å². The van der Waals surface area contributed by atoms with E-state index in [0.717, 1.165) is 24.2 Å². The Kier molecular flexibility index (Phi) is 9.97. The van der Waals surface area contributed by atoms with E-state index in [1.54, 1.807) is 13.2 Å². The Morgan fingerprint density at radius 1 is 0.875 bits per heavy atom. The van der Waals surface area contributed by atoms with Crippen LogP contribution >= 0.6 is 0 Å². The fraction of sp³-hybridized carbons (Fsp3) is 0.650. The fourth-order valence-corrected chi connectivity index (χ4v) is 2.98. The average molecular weight is 335 g/mol. The van der Waals surface area contributed by atoms with Crippen molar-refractivity contribution in [1.29, 1.82) is 0 Å². The summed E-state index contributed by atoms with van der Waals surface area (Å²) in [5.74, 6) is 0.759. The first-order valence-electron chi connectivity index (χ1n) is 9.18. The van der Waals surface area contributed by atoms with E-state index in [4.69, 9.17) is 15.2 Å². The Morgan fingerprint density at radius 3 is 1.92 bits per heavy atom. The molecule has 4 nitrogen and oxygen atoms in total. The molecule has 1 amide bonds. The van der Waals surface area contributed by atoms with Crippen molar-refractivity contribution in [3.05, 3.63) is 23.3 Å². The quantitative estimate of drug-likeness (QED) is 0.523. The molecule has 4 heteroatoms. The van der Waals surface area contributed by atoms with Crippen LogP contribution in [0.15, 0.2) is 12.1 Å². The van der Waals surface area contributed by atoms with Crippen molar-refractivity contribution in [3.63, 3.8) is 0 Å². The number of carbonyl (C=O) groups is 1. The van der Waals surface area contributed by atoms with Crippen LogP contribution in [0.25, 0.3) is 0 Å². The van der Waals surface area contributed by atoms with Crippen LogP contribution in [0.5, 0.6) is 11.5 Å². The van der Waals surface area contributed by atoms with Gasteiger partial charge in [-0.3, -0.25) is 4.79 Å². The highest BCUT2D eigenvalue weighted by Gasteiger charge is 2.14. The Morgan fingerprint density at radius 2 is 1.42 bits per heavy atom. The largest absolute Gasteiger partial charge is 0.496 e. The first kappa shape index (κ1) is 20.3. The number of amides is 1. The normalized spacial score (nSPS) is 10.6. The van der Waals surface area contributed by atoms with Gasteiger partial charge in [-0.1, -0.05) is 58.3 Å². The van der Waals surface area contributed by atoms with Crippen molar-refractivity contribution >= 4 is 5.91 Å². The third-order valence-corrected chi connectivity index (χ3v) is 4.42. The van der Waals surface area contributed by atoms with E-state index in [1.807, 2.05) is 6.07 Å². The molecule has 24 heavy (non-hydrogen) atoms. The van der Waals surface area contributed by atoms with Gasteiger partial charge in [0.05, 0.1) is 19.8 Å². The Balaban J connectivity index is 2.44. The van der Waals surface area contributed by atoms with Crippen LogP contribution in [0.4, 0.5) is 0 Å². The van der Waals surface area contributed by atoms with E-state index >= 15 is 0 Å². The lowest BCUT2D eigenvalue weighted by atomic mass is 10.0. The van der Waals surface area contributed by atoms with Gasteiger partial charge in [0.15, 0.2) is 0 Å². The minimum atomic E-state index is -0.470. The molecule has 2 N–H and O–H groups in total. The van der Waals surface area contributed by atoms with E-state index < -0.39 is 5.91 Å². The van der Waals surface area contributed by atoms with Gasteiger partial charge in [0.25, 0.3) is 5.91 Å². The number of aryl methyl sites for hydroxylation is 1. The van der Waals surface area contributed by atoms with Crippen molar-refractivity contribution in [2.45, 2.75) is 71.1 Å². The molecule has 1 rings (SSSR count). The smallest absolute Gasteiger partial charge is 0.252 e. The summed E-state index contributed by atoms with van der Waals surface area (Å²) in [6.45, 7) is 2.25. The van der Waals surface area contributed by atoms with Crippen LogP contribution in [0.1, 0.15) is 80.6 Å². The highest BCUT2D eigenvalue weighted by Crippen LogP contribution is 2.30. The van der Waals surface area contributed by atoms with Crippen LogP contribution < -0.4 is 15.2 Å². The lowest BCUT2D eigenvalue weighted by Crippen LogP contribution is -2.13. The molecule has 1 aromatic carbocycles. The van der Waals surface area contributed by atoms with Crippen LogP contribution in [0.3, 0.4) is 0 Å². The standard InChI is InChI=1S/C20H33NO3/c1-4-5-6-7-8-9-10-11-12-13-16-14-17(20(21)22)19(24-3)15-18(16)23-2/h14-15H,4-13H2,1-3H3,(H2,21,22). The van der Waals surface area contributed by atoms with Gasteiger partial charge in [-0.05, 0) is 24.5 Å². The highest BCUT2D eigenvalue weighted by atomic mass is 16.5. The third-order valence-electron chi connectivity index (χ3n) is 4.42. The maximum absolute atomic E-state index is 11.6. The number of nitrogens with two attached hydrogens (primary N) is 1. The topological polar surface area (TPSA) is 61.6 Å². The monoisotopic (exact) mass is 335 g/mol. The zero-order chi connectivity index (χ0) is 17.8. The molecule has 0 radical (unpaired) electrons. The van der Waals surface area contributed by atoms with Crippen molar-refractivity contribution in [2.75, 3.05) is 14.2 Å². The van der Waals surface area contributed by atoms with E-state index in [-0.39, 0.29) is 0 Å². The molecular formula is C20H33NO3. The van der Waals surface area contributed by atoms with Gasteiger partial charge < -0.3 is 15.2 Å². The second-order valence-electron chi connectivity index (χ2n) is 6.31. The second kappa shape index (κ2) is 11.8. The lowest BCUT2D eigenvalue weighted by Gasteiger charge is -2.13. The molecule has 0 aliphatic carbocycles. The zero-order valence-electron chi connectivity index (χ0n) is 15.5. The van der Waals surface area contributed by atoms with Crippen molar-refractivity contribution in [3.8, 4) is 11.5 Å². The molecule has 0 saturated carbocycles. The molecule has 0 bridgehead atoms. The van der Waals surface area contributed by atoms with Crippen molar-refractivity contribution < 1.29 is 14.3 Å². The first-order chi connectivity index (χ1) is 11.6. The Hall–Kier alpha value is -1.71. The molecule has 0 fully saturated rings. The maximum Gasteiger partial charge on any atom is 0.252 e. The van der Waals surface area contributed by atoms with Gasteiger partial charge in [0.1, 0.15) is 11.5 Å². The van der Waals surface area contributed by atoms with Gasteiger partial charge in [-0.25, -0.2) is 0 Å². The summed E-state index contributed by atoms with van der Waals surface area (Å²) in [5.41, 5.74) is 6.88. The predicted octanol–water partition coefficient (Wildman–Crippen LogP) is 4.88. The number of methoxy groups -OCH3 is 2. The summed E-state index contributed by atoms with van der Waals surface area (Å²) in [7, 11) is 3.17. The zero-order valence-corrected chi connectivity index (χ0v) is 15.5. The maximum atomic E-state index is 11.6. The minimum absolute atomic E-state index is 0.421. The molecule has 1 aromatic rings. The molecule has 0 saturated heterocycles. The van der Waals surface area contributed by atoms with Gasteiger partial charge in [0, 0.05) is 6.07 Å². The second-order valence-corrected chi connectivity index (χ2v) is 6.31. The summed E-state index contributed by atoms with van der Waals surface area (Å²) in [6.07, 6.45) is 12.5. The molecule has 0 spiro atoms. The number of hydrogen-bond donors (Lipinski definition) is 1. The number of hydrogen-bond acceptors (Lipinski definition) is 3. The summed E-state index contributed by atoms with van der Waals surface area (Å²) in [6, 6.07) is 3.56. The van der Waals surface area contributed by atoms with Crippen LogP contribution in [0.2, 0.25) is 0 Å². The van der Waals surface area contributed by atoms with E-state index in [0.29, 0.717) is 11.3 Å². The molecule has 0 unspecified atom stereocenters. The fourth-order valence-electron chi connectivity index (χ4n) is 2.98. The number of ether oxygens (including phenoxy) is 2. The molecule has 0 heterocycles. The molecule has 0 aliphatic heterocycles. The van der Waals surface area contributed by atoms with Gasteiger partial charge in [0.2, 0.25) is 0 Å². The molecule has 0 atom stereocenters. The predicted molar refractivity (Wildman–Crippen MR) is 99.0 cm³/mol. The van der Waals surface area contributed by atoms with Crippen LogP contribution in [-0.2, 0) is 6.42 Å². The summed E-state index contributed by atoms with van der Waals surface area (Å²) >= 11 is 0. The van der Waals surface area contributed by atoms with Crippen molar-refractivity contribution in [1.82, 2.24) is 0 Å². The number of benzene rings is 1. The summed E-state index contributed by atoms with van der Waals surface area (Å²) in [5, 5.41) is 0. The van der Waals surface area contributed by atoms with Crippen LogP contribution in [0, 0.1) is 0 Å². The molecular weight excluding hydrogens is 302 g/mol.